The minimum absolute atomic E-state index is 0.778. The summed E-state index contributed by atoms with van der Waals surface area (Å²) in [5, 5.41) is 0. The number of rotatable bonds is 7. The molecule has 0 spiro atoms. The number of halogens is 2. The number of ether oxygens (including phenoxy) is 1. The van der Waals surface area contributed by atoms with E-state index in [2.05, 4.69) is 76.9 Å². The molecule has 0 N–H and O–H groups in total. The first-order valence-corrected chi connectivity index (χ1v) is 8.08. The van der Waals surface area contributed by atoms with E-state index in [9.17, 15) is 0 Å². The van der Waals surface area contributed by atoms with Crippen LogP contribution in [-0.2, 0) is 4.74 Å². The molecule has 0 aliphatic carbocycles. The van der Waals surface area contributed by atoms with Crippen LogP contribution in [0, 0.1) is 7.14 Å². The van der Waals surface area contributed by atoms with Crippen molar-refractivity contribution >= 4 is 50.9 Å². The van der Waals surface area contributed by atoms with Crippen molar-refractivity contribution in [3.05, 3.63) is 37.5 Å². The number of unbranched alkanes of at least 4 members (excludes halogenated alkanes) is 3. The van der Waals surface area contributed by atoms with Crippen LogP contribution in [0.2, 0.25) is 0 Å². The van der Waals surface area contributed by atoms with Gasteiger partial charge in [-0.3, -0.25) is 0 Å². The molecule has 1 nitrogen and oxygen atoms in total. The number of hydrogen-bond donors (Lipinski definition) is 0. The first-order valence-electron chi connectivity index (χ1n) is 5.92. The Morgan fingerprint density at radius 1 is 1.24 bits per heavy atom. The molecule has 0 fully saturated rings. The zero-order chi connectivity index (χ0) is 12.7. The minimum Gasteiger partial charge on any atom is -0.494 e. The summed E-state index contributed by atoms with van der Waals surface area (Å²) >= 11 is 4.63. The van der Waals surface area contributed by atoms with Gasteiger partial charge in [0.05, 0.1) is 6.61 Å². The van der Waals surface area contributed by atoms with Crippen LogP contribution in [0.15, 0.2) is 24.8 Å². The molecule has 0 saturated carbocycles. The normalized spacial score (nSPS) is 10.3. The molecule has 0 bridgehead atoms. The van der Waals surface area contributed by atoms with Crippen LogP contribution in [0.1, 0.15) is 38.2 Å². The third kappa shape index (κ3) is 5.59. The van der Waals surface area contributed by atoms with E-state index in [1.165, 1.54) is 26.4 Å². The largest absolute Gasteiger partial charge is 0.494 e. The zero-order valence-electron chi connectivity index (χ0n) is 10.1. The maximum atomic E-state index is 5.71. The molecule has 17 heavy (non-hydrogen) atoms. The van der Waals surface area contributed by atoms with E-state index >= 15 is 0 Å². The predicted octanol–water partition coefficient (Wildman–Crippen LogP) is 5.46. The Bertz CT molecular complexity index is 374. The summed E-state index contributed by atoms with van der Waals surface area (Å²) in [7, 11) is 0. The van der Waals surface area contributed by atoms with Gasteiger partial charge in [-0.1, -0.05) is 32.8 Å². The summed E-state index contributed by atoms with van der Waals surface area (Å²) < 4.78 is 8.12. The summed E-state index contributed by atoms with van der Waals surface area (Å²) in [6, 6.07) is 6.32. The molecule has 1 aromatic rings. The van der Waals surface area contributed by atoms with Gasteiger partial charge in [-0.05, 0) is 69.8 Å². The van der Waals surface area contributed by atoms with Gasteiger partial charge < -0.3 is 4.74 Å². The lowest BCUT2D eigenvalue weighted by Crippen LogP contribution is -1.96. The molecule has 0 aliphatic rings. The summed E-state index contributed by atoms with van der Waals surface area (Å²) in [6.07, 6.45) is 4.91. The van der Waals surface area contributed by atoms with Gasteiger partial charge in [-0.15, -0.1) is 0 Å². The van der Waals surface area contributed by atoms with Crippen molar-refractivity contribution in [3.63, 3.8) is 0 Å². The van der Waals surface area contributed by atoms with Gasteiger partial charge in [-0.25, -0.2) is 0 Å². The average Bonchev–Trinajstić information content (AvgIpc) is 2.32. The highest BCUT2D eigenvalue weighted by Crippen LogP contribution is 2.23. The highest BCUT2D eigenvalue weighted by atomic mass is 127. The highest BCUT2D eigenvalue weighted by molar-refractivity contribution is 14.1. The Morgan fingerprint density at radius 2 is 2.00 bits per heavy atom. The fourth-order valence-corrected chi connectivity index (χ4v) is 2.64. The summed E-state index contributed by atoms with van der Waals surface area (Å²) in [5.74, 6) is 0.796. The van der Waals surface area contributed by atoms with Crippen LogP contribution in [-0.4, -0.2) is 6.61 Å². The highest BCUT2D eigenvalue weighted by Gasteiger charge is 2.05. The van der Waals surface area contributed by atoms with Crippen molar-refractivity contribution in [1.82, 2.24) is 0 Å². The van der Waals surface area contributed by atoms with E-state index in [1.54, 1.807) is 0 Å². The molecule has 0 amide bonds. The standard InChI is InChI=1S/C14H18I2O/c1-3-4-5-6-9-17-11(2)13-10-12(15)7-8-14(13)16/h7-8,10H,2-6,9H2,1H3. The zero-order valence-corrected chi connectivity index (χ0v) is 14.5. The van der Waals surface area contributed by atoms with Crippen molar-refractivity contribution in [2.24, 2.45) is 0 Å². The molecule has 0 unspecified atom stereocenters. The topological polar surface area (TPSA) is 9.23 Å². The molecule has 0 atom stereocenters. The van der Waals surface area contributed by atoms with E-state index in [1.807, 2.05) is 0 Å². The first kappa shape index (κ1) is 15.3. The SMILES string of the molecule is C=C(OCCCCCC)c1cc(I)ccc1I. The van der Waals surface area contributed by atoms with Gasteiger partial charge in [0.15, 0.2) is 0 Å². The Hall–Kier alpha value is 0.220. The molecule has 0 heterocycles. The second-order valence-electron chi connectivity index (χ2n) is 3.96. The van der Waals surface area contributed by atoms with Crippen molar-refractivity contribution in [2.45, 2.75) is 32.6 Å². The van der Waals surface area contributed by atoms with Crippen LogP contribution >= 0.6 is 45.2 Å². The maximum absolute atomic E-state index is 5.71. The second-order valence-corrected chi connectivity index (χ2v) is 6.36. The Balaban J connectivity index is 2.44. The number of hydrogen-bond acceptors (Lipinski definition) is 1. The smallest absolute Gasteiger partial charge is 0.120 e. The Kier molecular flexibility index (Phi) is 7.50. The molecule has 94 valence electrons. The summed E-state index contributed by atoms with van der Waals surface area (Å²) in [4.78, 5) is 0. The van der Waals surface area contributed by atoms with Crippen molar-refractivity contribution < 1.29 is 4.74 Å². The summed E-state index contributed by atoms with van der Waals surface area (Å²) in [6.45, 7) is 7.01. The van der Waals surface area contributed by atoms with Gasteiger partial charge in [0, 0.05) is 12.7 Å². The van der Waals surface area contributed by atoms with Crippen molar-refractivity contribution in [1.29, 1.82) is 0 Å². The molecule has 1 aromatic carbocycles. The molecule has 0 aliphatic heterocycles. The van der Waals surface area contributed by atoms with Crippen LogP contribution < -0.4 is 0 Å². The lowest BCUT2D eigenvalue weighted by molar-refractivity contribution is 0.267. The lowest BCUT2D eigenvalue weighted by atomic mass is 10.2. The minimum atomic E-state index is 0.778. The second kappa shape index (κ2) is 8.34. The lowest BCUT2D eigenvalue weighted by Gasteiger charge is -2.11. The van der Waals surface area contributed by atoms with Gasteiger partial charge >= 0.3 is 0 Å². The predicted molar refractivity (Wildman–Crippen MR) is 91.0 cm³/mol. The van der Waals surface area contributed by atoms with Crippen LogP contribution in [0.4, 0.5) is 0 Å². The first-order chi connectivity index (χ1) is 8.15. The molecule has 0 radical (unpaired) electrons. The Labute approximate surface area is 131 Å². The van der Waals surface area contributed by atoms with Gasteiger partial charge in [0.2, 0.25) is 0 Å². The van der Waals surface area contributed by atoms with Crippen molar-refractivity contribution in [3.8, 4) is 0 Å². The van der Waals surface area contributed by atoms with Crippen molar-refractivity contribution in [2.75, 3.05) is 6.61 Å². The van der Waals surface area contributed by atoms with E-state index in [0.29, 0.717) is 0 Å². The van der Waals surface area contributed by atoms with Gasteiger partial charge in [0.1, 0.15) is 5.76 Å². The average molecular weight is 456 g/mol. The van der Waals surface area contributed by atoms with Gasteiger partial charge in [0.25, 0.3) is 0 Å². The van der Waals surface area contributed by atoms with Gasteiger partial charge in [-0.2, -0.15) is 0 Å². The fourth-order valence-electron chi connectivity index (χ4n) is 1.51. The van der Waals surface area contributed by atoms with E-state index in [-0.39, 0.29) is 0 Å². The maximum Gasteiger partial charge on any atom is 0.120 e. The molecule has 0 aromatic heterocycles. The Morgan fingerprint density at radius 3 is 2.71 bits per heavy atom. The molecule has 0 saturated heterocycles. The fraction of sp³-hybridized carbons (Fsp3) is 0.429. The monoisotopic (exact) mass is 456 g/mol. The molecule has 1 rings (SSSR count). The molecule has 3 heteroatoms. The van der Waals surface area contributed by atoms with E-state index in [4.69, 9.17) is 4.74 Å². The molecular formula is C14H18I2O. The van der Waals surface area contributed by atoms with E-state index in [0.717, 1.165) is 24.4 Å². The van der Waals surface area contributed by atoms with Crippen LogP contribution in [0.5, 0.6) is 0 Å². The van der Waals surface area contributed by atoms with Crippen LogP contribution in [0.25, 0.3) is 5.76 Å². The molecular weight excluding hydrogens is 438 g/mol. The number of benzene rings is 1. The quantitative estimate of drug-likeness (QED) is 0.301. The van der Waals surface area contributed by atoms with Crippen LogP contribution in [0.3, 0.4) is 0 Å². The third-order valence-electron chi connectivity index (χ3n) is 2.50. The van der Waals surface area contributed by atoms with E-state index < -0.39 is 0 Å². The third-order valence-corrected chi connectivity index (χ3v) is 4.11. The summed E-state index contributed by atoms with van der Waals surface area (Å²) in [5.41, 5.74) is 1.12.